The molecule has 0 aliphatic carbocycles. The van der Waals surface area contributed by atoms with Gasteiger partial charge in [0, 0.05) is 24.3 Å². The van der Waals surface area contributed by atoms with Crippen LogP contribution in [-0.4, -0.2) is 34.0 Å². The Bertz CT molecular complexity index is 946. The molecule has 0 bridgehead atoms. The smallest absolute Gasteiger partial charge is 0.287 e. The molecule has 3 rings (SSSR count). The number of guanidine groups is 1. The predicted octanol–water partition coefficient (Wildman–Crippen LogP) is 1.82. The molecule has 1 aromatic carbocycles. The van der Waals surface area contributed by atoms with E-state index in [0.29, 0.717) is 10.8 Å². The van der Waals surface area contributed by atoms with Crippen molar-refractivity contribution in [2.24, 2.45) is 21.5 Å². The molecular formula is C16H16N8OS. The largest absolute Gasteiger partial charge is 0.380 e. The normalized spacial score (nSPS) is 12.2. The first-order chi connectivity index (χ1) is 12.5. The number of thiazole rings is 1. The molecule has 3 aromatic rings. The number of anilines is 1. The minimum atomic E-state index is -0.0733. The van der Waals surface area contributed by atoms with Crippen LogP contribution in [-0.2, 0) is 0 Å². The van der Waals surface area contributed by atoms with Gasteiger partial charge in [0.25, 0.3) is 5.89 Å². The van der Waals surface area contributed by atoms with Crippen LogP contribution in [0.2, 0.25) is 0 Å². The third-order valence-electron chi connectivity index (χ3n) is 3.28. The molecule has 0 aliphatic heterocycles. The maximum atomic E-state index is 5.87. The topological polar surface area (TPSA) is 132 Å². The second-order valence-corrected chi connectivity index (χ2v) is 5.93. The first kappa shape index (κ1) is 17.3. The highest BCUT2D eigenvalue weighted by atomic mass is 32.1. The Balaban J connectivity index is 1.74. The van der Waals surface area contributed by atoms with Gasteiger partial charge in [-0.05, 0) is 12.1 Å². The van der Waals surface area contributed by atoms with Crippen LogP contribution < -0.4 is 16.4 Å². The third-order valence-corrected chi connectivity index (χ3v) is 4.04. The van der Waals surface area contributed by atoms with Gasteiger partial charge < -0.3 is 20.9 Å². The summed E-state index contributed by atoms with van der Waals surface area (Å²) in [6, 6.07) is 9.60. The average molecular weight is 368 g/mol. The second kappa shape index (κ2) is 7.57. The molecule has 0 saturated carbocycles. The lowest BCUT2D eigenvalue weighted by molar-refractivity contribution is 0.428. The Kier molecular flexibility index (Phi) is 5.04. The lowest BCUT2D eigenvalue weighted by Crippen LogP contribution is -2.22. The Morgan fingerprint density at radius 1 is 1.23 bits per heavy atom. The molecule has 0 saturated heterocycles. The predicted molar refractivity (Wildman–Crippen MR) is 102 cm³/mol. The van der Waals surface area contributed by atoms with Gasteiger partial charge >= 0.3 is 0 Å². The van der Waals surface area contributed by atoms with Crippen molar-refractivity contribution >= 4 is 28.8 Å². The summed E-state index contributed by atoms with van der Waals surface area (Å²) < 4.78 is 5.11. The molecule has 0 radical (unpaired) electrons. The number of amidine groups is 1. The molecular weight excluding hydrogens is 352 g/mol. The summed E-state index contributed by atoms with van der Waals surface area (Å²) in [4.78, 5) is 18.1. The average Bonchev–Trinajstić information content (AvgIpc) is 3.32. The van der Waals surface area contributed by atoms with E-state index in [4.69, 9.17) is 16.0 Å². The summed E-state index contributed by atoms with van der Waals surface area (Å²) in [7, 11) is 1.82. The van der Waals surface area contributed by atoms with Gasteiger partial charge in [-0.3, -0.25) is 0 Å². The fourth-order valence-electron chi connectivity index (χ4n) is 1.95. The Morgan fingerprint density at radius 2 is 2.00 bits per heavy atom. The van der Waals surface area contributed by atoms with Crippen LogP contribution in [0.15, 0.2) is 68.8 Å². The first-order valence-electron chi connectivity index (χ1n) is 7.44. The van der Waals surface area contributed by atoms with Crippen molar-refractivity contribution in [3.05, 3.63) is 60.1 Å². The fourth-order valence-corrected chi connectivity index (χ4v) is 2.51. The summed E-state index contributed by atoms with van der Waals surface area (Å²) >= 11 is 1.37. The Hall–Kier alpha value is -3.53. The maximum Gasteiger partial charge on any atom is 0.287 e. The van der Waals surface area contributed by atoms with E-state index in [0.717, 1.165) is 5.69 Å². The molecule has 26 heavy (non-hydrogen) atoms. The minimum absolute atomic E-state index is 0.0204. The van der Waals surface area contributed by atoms with Crippen molar-refractivity contribution in [2.75, 3.05) is 11.9 Å². The van der Waals surface area contributed by atoms with Crippen LogP contribution >= 0.6 is 11.3 Å². The van der Waals surface area contributed by atoms with Gasteiger partial charge in [0.05, 0.1) is 0 Å². The van der Waals surface area contributed by atoms with Crippen LogP contribution in [0.5, 0.6) is 0 Å². The maximum absolute atomic E-state index is 5.87. The van der Waals surface area contributed by atoms with Crippen LogP contribution in [0, 0.1) is 0 Å². The van der Waals surface area contributed by atoms with E-state index in [9.17, 15) is 0 Å². The van der Waals surface area contributed by atoms with E-state index < -0.39 is 0 Å². The van der Waals surface area contributed by atoms with E-state index in [2.05, 4.69) is 31.7 Å². The van der Waals surface area contributed by atoms with Crippen molar-refractivity contribution in [2.45, 2.75) is 0 Å². The number of aromatic nitrogens is 3. The van der Waals surface area contributed by atoms with Gasteiger partial charge in [0.2, 0.25) is 11.8 Å². The minimum Gasteiger partial charge on any atom is -0.380 e. The summed E-state index contributed by atoms with van der Waals surface area (Å²) in [5, 5.41) is 6.16. The van der Waals surface area contributed by atoms with Crippen LogP contribution in [0.1, 0.15) is 5.82 Å². The van der Waals surface area contributed by atoms with E-state index >= 15 is 0 Å². The molecule has 0 unspecified atom stereocenters. The first-order valence-corrected chi connectivity index (χ1v) is 8.32. The molecule has 2 heterocycles. The molecule has 4 N–H and O–H groups in total. The molecule has 0 amide bonds. The number of nitrogens with zero attached hydrogens (tertiary/aromatic N) is 6. The lowest BCUT2D eigenvalue weighted by atomic mass is 10.3. The van der Waals surface area contributed by atoms with Crippen molar-refractivity contribution in [1.82, 2.24) is 15.1 Å². The number of rotatable bonds is 5. The Morgan fingerprint density at radius 3 is 2.69 bits per heavy atom. The monoisotopic (exact) mass is 368 g/mol. The number of hydrogen-bond donors (Lipinski definition) is 2. The quantitative estimate of drug-likeness (QED) is 0.518. The fraction of sp³-hybridized carbons (Fsp3) is 0.0625. The van der Waals surface area contributed by atoms with Gasteiger partial charge in [-0.2, -0.15) is 15.0 Å². The molecule has 0 aliphatic rings. The van der Waals surface area contributed by atoms with Crippen molar-refractivity contribution in [3.63, 3.8) is 0 Å². The Labute approximate surface area is 153 Å². The number of aliphatic imine (C=N–C) groups is 2. The van der Waals surface area contributed by atoms with Gasteiger partial charge in [-0.25, -0.2) is 4.98 Å². The molecule has 0 atom stereocenters. The number of hydrogen-bond acceptors (Lipinski definition) is 7. The number of para-hydroxylation sites is 1. The molecule has 2 aromatic heterocycles. The number of nitrogens with two attached hydrogens (primary N) is 2. The van der Waals surface area contributed by atoms with Crippen molar-refractivity contribution in [3.8, 4) is 10.9 Å². The highest BCUT2D eigenvalue weighted by molar-refractivity contribution is 7.12. The molecule has 9 nitrogen and oxygen atoms in total. The van der Waals surface area contributed by atoms with Gasteiger partial charge in [0.1, 0.15) is 5.82 Å². The lowest BCUT2D eigenvalue weighted by Gasteiger charge is -2.18. The SMILES string of the molecule is C=C(/N=C(N)\N=C(/N)c1noc(-c2nccs2)n1)N(C)c1ccccc1. The van der Waals surface area contributed by atoms with Crippen LogP contribution in [0.3, 0.4) is 0 Å². The zero-order valence-corrected chi connectivity index (χ0v) is 14.7. The van der Waals surface area contributed by atoms with Crippen LogP contribution in [0.4, 0.5) is 5.69 Å². The summed E-state index contributed by atoms with van der Waals surface area (Å²) in [6.45, 7) is 3.88. The standard InChI is InChI=1S/C16H16N8OS/c1-10(24(2)11-6-4-3-5-7-11)20-16(18)21-12(17)13-22-14(25-23-13)15-19-8-9-26-15/h3-9H,1H2,2H3,(H4,17,18,20,21). The van der Waals surface area contributed by atoms with Crippen LogP contribution in [0.25, 0.3) is 10.9 Å². The van der Waals surface area contributed by atoms with Gasteiger partial charge in [-0.15, -0.1) is 11.3 Å². The highest BCUT2D eigenvalue weighted by Gasteiger charge is 2.14. The van der Waals surface area contributed by atoms with Crippen molar-refractivity contribution in [1.29, 1.82) is 0 Å². The summed E-state index contributed by atoms with van der Waals surface area (Å²) in [5.74, 6) is 0.679. The molecule has 10 heteroatoms. The number of benzene rings is 1. The summed E-state index contributed by atoms with van der Waals surface area (Å²) in [5.41, 5.74) is 12.6. The van der Waals surface area contributed by atoms with Gasteiger partial charge in [-0.1, -0.05) is 29.9 Å². The van der Waals surface area contributed by atoms with E-state index in [1.165, 1.54) is 11.3 Å². The van der Waals surface area contributed by atoms with E-state index in [-0.39, 0.29) is 23.5 Å². The second-order valence-electron chi connectivity index (χ2n) is 5.04. The highest BCUT2D eigenvalue weighted by Crippen LogP contribution is 2.19. The van der Waals surface area contributed by atoms with Crippen molar-refractivity contribution < 1.29 is 4.52 Å². The summed E-state index contributed by atoms with van der Waals surface area (Å²) in [6.07, 6.45) is 1.64. The zero-order chi connectivity index (χ0) is 18.5. The molecule has 0 fully saturated rings. The third kappa shape index (κ3) is 3.92. The molecule has 132 valence electrons. The van der Waals surface area contributed by atoms with Gasteiger partial charge in [0.15, 0.2) is 10.8 Å². The van der Waals surface area contributed by atoms with E-state index in [1.54, 1.807) is 16.5 Å². The van der Waals surface area contributed by atoms with E-state index in [1.807, 2.05) is 37.4 Å². The molecule has 0 spiro atoms. The zero-order valence-electron chi connectivity index (χ0n) is 13.9.